The number of aromatic carboxylic acids is 1. The van der Waals surface area contributed by atoms with Crippen LogP contribution in [0.3, 0.4) is 0 Å². The Morgan fingerprint density at radius 3 is 2.52 bits per heavy atom. The predicted octanol–water partition coefficient (Wildman–Crippen LogP) is 1.83. The van der Waals surface area contributed by atoms with Crippen LogP contribution < -0.4 is 0 Å². The average Bonchev–Trinajstić information content (AvgIpc) is 2.78. The normalized spacial score (nSPS) is 10.8. The molecule has 0 aliphatic carbocycles. The molecular formula is C15H19N3O3. The molecule has 1 N–H and O–H groups in total. The van der Waals surface area contributed by atoms with Crippen molar-refractivity contribution in [3.05, 3.63) is 46.3 Å². The smallest absolute Gasteiger partial charge is 0.358 e. The standard InChI is InChI=1S/C15H19N3O3/c1-10-6-11(2)8-12(7-10)9-18-13(4-5-21-3)14(15(19)20)16-17-18/h6-8H,4-5,9H2,1-3H3,(H,19,20). The third-order valence-electron chi connectivity index (χ3n) is 3.20. The number of carboxylic acids is 1. The van der Waals surface area contributed by atoms with Crippen LogP contribution in [0.4, 0.5) is 0 Å². The van der Waals surface area contributed by atoms with Crippen LogP contribution >= 0.6 is 0 Å². The first kappa shape index (κ1) is 15.2. The van der Waals surface area contributed by atoms with Crippen LogP contribution in [0.2, 0.25) is 0 Å². The van der Waals surface area contributed by atoms with E-state index in [4.69, 9.17) is 4.74 Å². The average molecular weight is 289 g/mol. The van der Waals surface area contributed by atoms with Crippen molar-refractivity contribution in [2.75, 3.05) is 13.7 Å². The molecule has 0 saturated heterocycles. The third-order valence-corrected chi connectivity index (χ3v) is 3.20. The first-order valence-corrected chi connectivity index (χ1v) is 6.73. The Kier molecular flexibility index (Phi) is 4.70. The van der Waals surface area contributed by atoms with Crippen molar-refractivity contribution in [1.82, 2.24) is 15.0 Å². The molecule has 0 bridgehead atoms. The fraction of sp³-hybridized carbons (Fsp3) is 0.400. The van der Waals surface area contributed by atoms with Gasteiger partial charge >= 0.3 is 5.97 Å². The van der Waals surface area contributed by atoms with Crippen molar-refractivity contribution in [1.29, 1.82) is 0 Å². The lowest BCUT2D eigenvalue weighted by atomic mass is 10.1. The van der Waals surface area contributed by atoms with Crippen LogP contribution in [0.5, 0.6) is 0 Å². The molecule has 112 valence electrons. The van der Waals surface area contributed by atoms with Gasteiger partial charge < -0.3 is 9.84 Å². The second-order valence-electron chi connectivity index (χ2n) is 5.09. The molecule has 0 aliphatic rings. The summed E-state index contributed by atoms with van der Waals surface area (Å²) >= 11 is 0. The molecule has 0 fully saturated rings. The fourth-order valence-corrected chi connectivity index (χ4v) is 2.41. The molecule has 1 aromatic carbocycles. The highest BCUT2D eigenvalue weighted by Gasteiger charge is 2.18. The number of rotatable bonds is 6. The van der Waals surface area contributed by atoms with Gasteiger partial charge in [0.05, 0.1) is 18.8 Å². The highest BCUT2D eigenvalue weighted by molar-refractivity contribution is 5.86. The minimum Gasteiger partial charge on any atom is -0.476 e. The molecule has 0 spiro atoms. The van der Waals surface area contributed by atoms with Crippen LogP contribution in [0.15, 0.2) is 18.2 Å². The van der Waals surface area contributed by atoms with E-state index < -0.39 is 5.97 Å². The number of aromatic nitrogens is 3. The molecule has 21 heavy (non-hydrogen) atoms. The molecule has 1 aromatic heterocycles. The maximum absolute atomic E-state index is 11.2. The van der Waals surface area contributed by atoms with E-state index in [0.29, 0.717) is 25.3 Å². The number of ether oxygens (including phenoxy) is 1. The van der Waals surface area contributed by atoms with E-state index in [1.54, 1.807) is 11.8 Å². The second-order valence-corrected chi connectivity index (χ2v) is 5.09. The van der Waals surface area contributed by atoms with Crippen molar-refractivity contribution in [3.63, 3.8) is 0 Å². The van der Waals surface area contributed by atoms with Crippen LogP contribution in [0.1, 0.15) is 32.9 Å². The Morgan fingerprint density at radius 1 is 1.29 bits per heavy atom. The van der Waals surface area contributed by atoms with Crippen LogP contribution in [0.25, 0.3) is 0 Å². The number of hydrogen-bond donors (Lipinski definition) is 1. The number of aryl methyl sites for hydroxylation is 2. The summed E-state index contributed by atoms with van der Waals surface area (Å²) in [7, 11) is 1.58. The van der Waals surface area contributed by atoms with Gasteiger partial charge in [-0.3, -0.25) is 0 Å². The van der Waals surface area contributed by atoms with Gasteiger partial charge in [0.1, 0.15) is 0 Å². The Bertz CT molecular complexity index is 629. The highest BCUT2D eigenvalue weighted by atomic mass is 16.5. The topological polar surface area (TPSA) is 77.2 Å². The molecule has 2 aromatic rings. The van der Waals surface area contributed by atoms with Crippen molar-refractivity contribution in [3.8, 4) is 0 Å². The molecule has 2 rings (SSSR count). The molecule has 0 radical (unpaired) electrons. The predicted molar refractivity (Wildman–Crippen MR) is 77.6 cm³/mol. The zero-order valence-corrected chi connectivity index (χ0v) is 12.5. The summed E-state index contributed by atoms with van der Waals surface area (Å²) in [6, 6.07) is 6.23. The molecule has 1 heterocycles. The molecular weight excluding hydrogens is 270 g/mol. The third kappa shape index (κ3) is 3.66. The van der Waals surface area contributed by atoms with Gasteiger partial charge in [-0.15, -0.1) is 5.10 Å². The lowest BCUT2D eigenvalue weighted by Gasteiger charge is -2.08. The molecule has 6 nitrogen and oxygen atoms in total. The Hall–Kier alpha value is -2.21. The van der Waals surface area contributed by atoms with E-state index in [1.807, 2.05) is 13.8 Å². The monoisotopic (exact) mass is 289 g/mol. The van der Waals surface area contributed by atoms with Gasteiger partial charge in [-0.2, -0.15) is 0 Å². The maximum atomic E-state index is 11.2. The maximum Gasteiger partial charge on any atom is 0.358 e. The summed E-state index contributed by atoms with van der Waals surface area (Å²) < 4.78 is 6.67. The number of carboxylic acid groups (broad SMARTS) is 1. The molecule has 0 saturated carbocycles. The molecule has 0 atom stereocenters. The number of carbonyl (C=O) groups is 1. The molecule has 0 unspecified atom stereocenters. The fourth-order valence-electron chi connectivity index (χ4n) is 2.41. The minimum absolute atomic E-state index is 0.00331. The van der Waals surface area contributed by atoms with Gasteiger partial charge in [-0.1, -0.05) is 34.5 Å². The largest absolute Gasteiger partial charge is 0.476 e. The van der Waals surface area contributed by atoms with E-state index in [1.165, 1.54) is 11.1 Å². The number of hydrogen-bond acceptors (Lipinski definition) is 4. The van der Waals surface area contributed by atoms with Gasteiger partial charge in [0.15, 0.2) is 5.69 Å². The van der Waals surface area contributed by atoms with Gasteiger partial charge in [0.25, 0.3) is 0 Å². The van der Waals surface area contributed by atoms with Crippen molar-refractivity contribution >= 4 is 5.97 Å². The summed E-state index contributed by atoms with van der Waals surface area (Å²) in [5.41, 5.74) is 4.00. The van der Waals surface area contributed by atoms with Crippen LogP contribution in [0, 0.1) is 13.8 Å². The SMILES string of the molecule is COCCc1c(C(=O)O)nnn1Cc1cc(C)cc(C)c1. The van der Waals surface area contributed by atoms with E-state index in [-0.39, 0.29) is 5.69 Å². The van der Waals surface area contributed by atoms with Crippen molar-refractivity contribution < 1.29 is 14.6 Å². The lowest BCUT2D eigenvalue weighted by molar-refractivity contribution is 0.0688. The Morgan fingerprint density at radius 2 is 1.95 bits per heavy atom. The summed E-state index contributed by atoms with van der Waals surface area (Å²) in [6.45, 7) is 5.00. The number of methoxy groups -OCH3 is 1. The first-order chi connectivity index (χ1) is 10.0. The summed E-state index contributed by atoms with van der Waals surface area (Å²) in [4.78, 5) is 11.2. The first-order valence-electron chi connectivity index (χ1n) is 6.73. The van der Waals surface area contributed by atoms with Gasteiger partial charge in [0, 0.05) is 13.5 Å². The van der Waals surface area contributed by atoms with E-state index in [0.717, 1.165) is 5.56 Å². The Labute approximate surface area is 123 Å². The Balaban J connectivity index is 2.32. The van der Waals surface area contributed by atoms with Gasteiger partial charge in [-0.25, -0.2) is 9.48 Å². The van der Waals surface area contributed by atoms with E-state index in [2.05, 4.69) is 28.5 Å². The van der Waals surface area contributed by atoms with E-state index >= 15 is 0 Å². The summed E-state index contributed by atoms with van der Waals surface area (Å²) in [5.74, 6) is -1.06. The molecule has 0 amide bonds. The molecule has 0 aliphatic heterocycles. The number of nitrogens with zero attached hydrogens (tertiary/aromatic N) is 3. The van der Waals surface area contributed by atoms with Crippen LogP contribution in [-0.2, 0) is 17.7 Å². The van der Waals surface area contributed by atoms with Gasteiger partial charge in [0.2, 0.25) is 0 Å². The summed E-state index contributed by atoms with van der Waals surface area (Å²) in [5, 5.41) is 16.9. The zero-order valence-electron chi connectivity index (χ0n) is 12.5. The zero-order chi connectivity index (χ0) is 15.4. The summed E-state index contributed by atoms with van der Waals surface area (Å²) in [6.07, 6.45) is 0.468. The van der Waals surface area contributed by atoms with E-state index in [9.17, 15) is 9.90 Å². The van der Waals surface area contributed by atoms with Crippen LogP contribution in [-0.4, -0.2) is 39.8 Å². The molecule has 6 heteroatoms. The van der Waals surface area contributed by atoms with Gasteiger partial charge in [-0.05, 0) is 19.4 Å². The quantitative estimate of drug-likeness (QED) is 0.878. The van der Waals surface area contributed by atoms with Crippen molar-refractivity contribution in [2.24, 2.45) is 0 Å². The second kappa shape index (κ2) is 6.49. The highest BCUT2D eigenvalue weighted by Crippen LogP contribution is 2.13. The van der Waals surface area contributed by atoms with Crippen molar-refractivity contribution in [2.45, 2.75) is 26.8 Å². The lowest BCUT2D eigenvalue weighted by Crippen LogP contribution is -2.12. The number of benzene rings is 1. The minimum atomic E-state index is -1.06.